The summed E-state index contributed by atoms with van der Waals surface area (Å²) in [5.74, 6) is -1.32. The number of thiazole rings is 1. The van der Waals surface area contributed by atoms with E-state index in [1.165, 1.54) is 11.3 Å². The summed E-state index contributed by atoms with van der Waals surface area (Å²) in [4.78, 5) is 18.2. The van der Waals surface area contributed by atoms with Crippen LogP contribution in [-0.4, -0.2) is 29.4 Å². The van der Waals surface area contributed by atoms with Crippen LogP contribution in [0.1, 0.15) is 5.56 Å². The maximum absolute atomic E-state index is 13.8. The first-order chi connectivity index (χ1) is 12.5. The van der Waals surface area contributed by atoms with Gasteiger partial charge >= 0.3 is 0 Å². The molecule has 0 saturated carbocycles. The number of carbonyl (C=O) groups excluding carboxylic acids is 1. The van der Waals surface area contributed by atoms with Gasteiger partial charge in [-0.25, -0.2) is 13.8 Å². The average Bonchev–Trinajstić information content (AvgIpc) is 3.05. The quantitative estimate of drug-likeness (QED) is 0.706. The van der Waals surface area contributed by atoms with E-state index in [1.807, 2.05) is 42.3 Å². The molecule has 1 amide bonds. The normalized spacial score (nSPS) is 10.9. The summed E-state index contributed by atoms with van der Waals surface area (Å²) in [7, 11) is 1.85. The number of carbonyl (C=O) groups is 1. The molecule has 26 heavy (non-hydrogen) atoms. The molecule has 1 aromatic heterocycles. The molecular weight excluding hydrogens is 356 g/mol. The summed E-state index contributed by atoms with van der Waals surface area (Å²) in [5.41, 5.74) is 1.48. The average molecular weight is 373 g/mol. The Bertz CT molecular complexity index is 899. The standard InChI is InChI=1S/C19H17F2N3OS/c1-24(10-13-5-3-2-4-6-13)11-18(25)23-19-22-17(12-26-19)15-9-14(20)7-8-16(15)21/h2-9,12H,10-11H2,1H3,(H,22,23,25). The lowest BCUT2D eigenvalue weighted by Gasteiger charge is -2.15. The second-order valence-electron chi connectivity index (χ2n) is 5.87. The number of nitrogens with zero attached hydrogens (tertiary/aromatic N) is 2. The lowest BCUT2D eigenvalue weighted by atomic mass is 10.1. The smallest absolute Gasteiger partial charge is 0.240 e. The summed E-state index contributed by atoms with van der Waals surface area (Å²) in [6, 6.07) is 13.0. The van der Waals surface area contributed by atoms with Crippen molar-refractivity contribution in [1.82, 2.24) is 9.88 Å². The van der Waals surface area contributed by atoms with Crippen LogP contribution in [0.4, 0.5) is 13.9 Å². The highest BCUT2D eigenvalue weighted by Gasteiger charge is 2.13. The Morgan fingerprint density at radius 1 is 1.19 bits per heavy atom. The first-order valence-electron chi connectivity index (χ1n) is 7.94. The molecule has 0 fully saturated rings. The molecule has 0 radical (unpaired) electrons. The predicted octanol–water partition coefficient (Wildman–Crippen LogP) is 4.16. The van der Waals surface area contributed by atoms with Gasteiger partial charge in [-0.05, 0) is 30.8 Å². The number of anilines is 1. The van der Waals surface area contributed by atoms with Gasteiger partial charge in [0.25, 0.3) is 0 Å². The Kier molecular flexibility index (Phi) is 5.70. The number of hydrogen-bond donors (Lipinski definition) is 1. The maximum atomic E-state index is 13.8. The zero-order valence-electron chi connectivity index (χ0n) is 14.1. The Morgan fingerprint density at radius 3 is 2.73 bits per heavy atom. The fraction of sp³-hybridized carbons (Fsp3) is 0.158. The topological polar surface area (TPSA) is 45.2 Å². The van der Waals surface area contributed by atoms with Crippen molar-refractivity contribution >= 4 is 22.4 Å². The molecule has 134 valence electrons. The third-order valence-electron chi connectivity index (χ3n) is 3.66. The molecule has 3 rings (SSSR count). The van der Waals surface area contributed by atoms with Gasteiger partial charge in [0.1, 0.15) is 11.6 Å². The molecule has 1 N–H and O–H groups in total. The number of rotatable bonds is 6. The van der Waals surface area contributed by atoms with Gasteiger partial charge in [-0.15, -0.1) is 11.3 Å². The monoisotopic (exact) mass is 373 g/mol. The van der Waals surface area contributed by atoms with E-state index < -0.39 is 11.6 Å². The first-order valence-corrected chi connectivity index (χ1v) is 8.82. The SMILES string of the molecule is CN(CC(=O)Nc1nc(-c2cc(F)ccc2F)cs1)Cc1ccccc1. The van der Waals surface area contributed by atoms with Crippen molar-refractivity contribution in [3.05, 3.63) is 71.1 Å². The molecule has 1 heterocycles. The largest absolute Gasteiger partial charge is 0.301 e. The molecule has 0 atom stereocenters. The van der Waals surface area contributed by atoms with E-state index >= 15 is 0 Å². The summed E-state index contributed by atoms with van der Waals surface area (Å²) in [5, 5.41) is 4.63. The maximum Gasteiger partial charge on any atom is 0.240 e. The summed E-state index contributed by atoms with van der Waals surface area (Å²) < 4.78 is 27.1. The fourth-order valence-electron chi connectivity index (χ4n) is 2.50. The van der Waals surface area contributed by atoms with Crippen LogP contribution in [0.25, 0.3) is 11.3 Å². The van der Waals surface area contributed by atoms with Gasteiger partial charge in [-0.3, -0.25) is 9.69 Å². The van der Waals surface area contributed by atoms with Crippen LogP contribution >= 0.6 is 11.3 Å². The van der Waals surface area contributed by atoms with E-state index in [4.69, 9.17) is 0 Å². The molecular formula is C19H17F2N3OS. The molecule has 3 aromatic rings. The predicted molar refractivity (Wildman–Crippen MR) is 98.9 cm³/mol. The van der Waals surface area contributed by atoms with Crippen LogP contribution in [0.15, 0.2) is 53.9 Å². The van der Waals surface area contributed by atoms with Crippen molar-refractivity contribution in [1.29, 1.82) is 0 Å². The van der Waals surface area contributed by atoms with Gasteiger partial charge in [0.15, 0.2) is 5.13 Å². The summed E-state index contributed by atoms with van der Waals surface area (Å²) >= 11 is 1.17. The molecule has 7 heteroatoms. The van der Waals surface area contributed by atoms with Gasteiger partial charge in [-0.1, -0.05) is 30.3 Å². The van der Waals surface area contributed by atoms with Crippen molar-refractivity contribution < 1.29 is 13.6 Å². The van der Waals surface area contributed by atoms with Crippen molar-refractivity contribution in [2.45, 2.75) is 6.54 Å². The summed E-state index contributed by atoms with van der Waals surface area (Å²) in [6.45, 7) is 0.837. The van der Waals surface area contributed by atoms with Gasteiger partial charge in [0, 0.05) is 17.5 Å². The van der Waals surface area contributed by atoms with Crippen molar-refractivity contribution in [2.24, 2.45) is 0 Å². The highest BCUT2D eigenvalue weighted by molar-refractivity contribution is 7.14. The molecule has 2 aromatic carbocycles. The lowest BCUT2D eigenvalue weighted by Crippen LogP contribution is -2.29. The van der Waals surface area contributed by atoms with Gasteiger partial charge in [0.2, 0.25) is 5.91 Å². The zero-order valence-corrected chi connectivity index (χ0v) is 14.9. The van der Waals surface area contributed by atoms with Crippen LogP contribution in [0, 0.1) is 11.6 Å². The van der Waals surface area contributed by atoms with Gasteiger partial charge in [0.05, 0.1) is 12.2 Å². The molecule has 4 nitrogen and oxygen atoms in total. The molecule has 0 spiro atoms. The Balaban J connectivity index is 1.60. The first kappa shape index (κ1) is 18.2. The minimum Gasteiger partial charge on any atom is -0.301 e. The van der Waals surface area contributed by atoms with Crippen molar-refractivity contribution in [3.8, 4) is 11.3 Å². The van der Waals surface area contributed by atoms with E-state index in [0.29, 0.717) is 17.4 Å². The molecule has 0 aliphatic carbocycles. The van der Waals surface area contributed by atoms with E-state index in [1.54, 1.807) is 5.38 Å². The molecule has 0 unspecified atom stereocenters. The summed E-state index contributed by atoms with van der Waals surface area (Å²) in [6.07, 6.45) is 0. The number of hydrogen-bond acceptors (Lipinski definition) is 4. The van der Waals surface area contributed by atoms with Crippen LogP contribution in [-0.2, 0) is 11.3 Å². The number of benzene rings is 2. The Morgan fingerprint density at radius 2 is 1.96 bits per heavy atom. The minimum atomic E-state index is -0.558. The van der Waals surface area contributed by atoms with Crippen LogP contribution < -0.4 is 5.32 Å². The third-order valence-corrected chi connectivity index (χ3v) is 4.42. The Hall–Kier alpha value is -2.64. The van der Waals surface area contributed by atoms with Crippen LogP contribution in [0.5, 0.6) is 0 Å². The minimum absolute atomic E-state index is 0.0722. The third kappa shape index (κ3) is 4.71. The number of aromatic nitrogens is 1. The van der Waals surface area contributed by atoms with Crippen molar-refractivity contribution in [2.75, 3.05) is 18.9 Å². The van der Waals surface area contributed by atoms with Crippen molar-refractivity contribution in [3.63, 3.8) is 0 Å². The molecule has 0 saturated heterocycles. The number of likely N-dealkylation sites (N-methyl/N-ethyl adjacent to an activating group) is 1. The fourth-order valence-corrected chi connectivity index (χ4v) is 3.23. The second-order valence-corrected chi connectivity index (χ2v) is 6.73. The molecule has 0 aliphatic rings. The van der Waals surface area contributed by atoms with E-state index in [2.05, 4.69) is 10.3 Å². The van der Waals surface area contributed by atoms with Gasteiger partial charge < -0.3 is 5.32 Å². The number of halogens is 2. The van der Waals surface area contributed by atoms with E-state index in [0.717, 1.165) is 23.8 Å². The van der Waals surface area contributed by atoms with E-state index in [-0.39, 0.29) is 18.0 Å². The molecule has 0 aliphatic heterocycles. The molecule has 0 bridgehead atoms. The highest BCUT2D eigenvalue weighted by Crippen LogP contribution is 2.27. The highest BCUT2D eigenvalue weighted by atomic mass is 32.1. The Labute approximate surface area is 154 Å². The lowest BCUT2D eigenvalue weighted by molar-refractivity contribution is -0.117. The van der Waals surface area contributed by atoms with Crippen LogP contribution in [0.3, 0.4) is 0 Å². The van der Waals surface area contributed by atoms with Crippen LogP contribution in [0.2, 0.25) is 0 Å². The number of nitrogens with one attached hydrogen (secondary N) is 1. The second kappa shape index (κ2) is 8.16. The zero-order chi connectivity index (χ0) is 18.5. The van der Waals surface area contributed by atoms with Gasteiger partial charge in [-0.2, -0.15) is 0 Å². The number of amides is 1. The van der Waals surface area contributed by atoms with E-state index in [9.17, 15) is 13.6 Å².